The number of aryl methyl sites for hydroxylation is 1. The Balaban J connectivity index is 1.63. The van der Waals surface area contributed by atoms with Gasteiger partial charge in [-0.2, -0.15) is 0 Å². The number of amides is 3. The lowest BCUT2D eigenvalue weighted by Crippen LogP contribution is -2.56. The smallest absolute Gasteiger partial charge is 0.382 e. The molecular weight excluding hydrogens is 356 g/mol. The number of aliphatic imine (C=N–C) groups is 1. The molecule has 8 nitrogen and oxygen atoms in total. The van der Waals surface area contributed by atoms with Gasteiger partial charge in [-0.15, -0.1) is 0 Å². The van der Waals surface area contributed by atoms with Crippen molar-refractivity contribution in [2.24, 2.45) is 4.99 Å². The van der Waals surface area contributed by atoms with Crippen LogP contribution in [0.2, 0.25) is 0 Å². The number of benzene rings is 1. The molecule has 8 heteroatoms. The van der Waals surface area contributed by atoms with E-state index in [1.807, 2.05) is 18.4 Å². The van der Waals surface area contributed by atoms with Crippen LogP contribution in [0.5, 0.6) is 0 Å². The molecule has 2 aliphatic rings. The van der Waals surface area contributed by atoms with Crippen LogP contribution in [0.1, 0.15) is 23.0 Å². The van der Waals surface area contributed by atoms with Gasteiger partial charge in [0.05, 0.1) is 6.54 Å². The van der Waals surface area contributed by atoms with E-state index in [2.05, 4.69) is 46.1 Å². The predicted octanol–water partition coefficient (Wildman–Crippen LogP) is 1.92. The number of urea groups is 1. The summed E-state index contributed by atoms with van der Waals surface area (Å²) in [6.07, 6.45) is 0. The number of likely N-dealkylation sites (N-methyl/N-ethyl adjacent to an activating group) is 2. The van der Waals surface area contributed by atoms with Crippen LogP contribution in [0, 0.1) is 20.8 Å². The SMILES string of the molecule is Cc1ccc(NCC[n+]2c(C)c(C)n3c2N=C2C3C(=O)N(C)C(=O)N2C)cc1. The molecule has 3 heterocycles. The molecule has 0 aliphatic carbocycles. The molecule has 1 fully saturated rings. The Morgan fingerprint density at radius 1 is 1.07 bits per heavy atom. The molecular formula is C20H25N6O2+. The van der Waals surface area contributed by atoms with Crippen molar-refractivity contribution in [3.05, 3.63) is 41.2 Å². The number of imidazole rings is 1. The second-order valence-corrected chi connectivity index (χ2v) is 7.40. The summed E-state index contributed by atoms with van der Waals surface area (Å²) < 4.78 is 4.05. The number of imide groups is 1. The summed E-state index contributed by atoms with van der Waals surface area (Å²) in [4.78, 5) is 32.4. The number of carbonyl (C=O) groups excluding carboxylic acids is 2. The van der Waals surface area contributed by atoms with Crippen LogP contribution in [-0.4, -0.2) is 52.8 Å². The van der Waals surface area contributed by atoms with E-state index in [0.717, 1.165) is 28.5 Å². The van der Waals surface area contributed by atoms with E-state index in [0.29, 0.717) is 18.3 Å². The second-order valence-electron chi connectivity index (χ2n) is 7.40. The van der Waals surface area contributed by atoms with E-state index < -0.39 is 6.04 Å². The Labute approximate surface area is 164 Å². The Hall–Kier alpha value is -3.16. The van der Waals surface area contributed by atoms with E-state index in [1.54, 1.807) is 7.05 Å². The number of anilines is 1. The molecule has 1 atom stereocenters. The van der Waals surface area contributed by atoms with Gasteiger partial charge >= 0.3 is 12.0 Å². The monoisotopic (exact) mass is 381 g/mol. The van der Waals surface area contributed by atoms with Gasteiger partial charge in [-0.1, -0.05) is 22.7 Å². The lowest BCUT2D eigenvalue weighted by molar-refractivity contribution is -0.686. The molecule has 146 valence electrons. The zero-order valence-corrected chi connectivity index (χ0v) is 16.9. The van der Waals surface area contributed by atoms with Crippen molar-refractivity contribution in [1.29, 1.82) is 0 Å². The quantitative estimate of drug-likeness (QED) is 0.823. The number of aromatic nitrogens is 2. The van der Waals surface area contributed by atoms with Crippen molar-refractivity contribution >= 4 is 29.4 Å². The molecule has 0 radical (unpaired) electrons. The fourth-order valence-corrected chi connectivity index (χ4v) is 3.83. The summed E-state index contributed by atoms with van der Waals surface area (Å²) in [5.74, 6) is 0.957. The summed E-state index contributed by atoms with van der Waals surface area (Å²) in [5.41, 5.74) is 4.35. The van der Waals surface area contributed by atoms with Gasteiger partial charge in [0, 0.05) is 26.3 Å². The van der Waals surface area contributed by atoms with E-state index >= 15 is 0 Å². The van der Waals surface area contributed by atoms with Crippen LogP contribution in [-0.2, 0) is 11.3 Å². The Morgan fingerprint density at radius 3 is 2.43 bits per heavy atom. The number of nitrogens with one attached hydrogen (secondary N) is 1. The molecule has 28 heavy (non-hydrogen) atoms. The van der Waals surface area contributed by atoms with Gasteiger partial charge in [0.15, 0.2) is 0 Å². The maximum Gasteiger partial charge on any atom is 0.402 e. The molecule has 2 aromatic rings. The highest BCUT2D eigenvalue weighted by molar-refractivity contribution is 6.20. The maximum atomic E-state index is 12.8. The Kier molecular flexibility index (Phi) is 4.21. The molecule has 4 rings (SSSR count). The first-order chi connectivity index (χ1) is 13.3. The number of carbonyl (C=O) groups is 2. The second kappa shape index (κ2) is 6.47. The van der Waals surface area contributed by atoms with Gasteiger partial charge < -0.3 is 5.32 Å². The molecule has 0 bridgehead atoms. The zero-order chi connectivity index (χ0) is 20.2. The highest BCUT2D eigenvalue weighted by atomic mass is 16.2. The maximum absolute atomic E-state index is 12.8. The molecule has 3 amide bonds. The molecule has 1 N–H and O–H groups in total. The first-order valence-electron chi connectivity index (χ1n) is 9.37. The van der Waals surface area contributed by atoms with Crippen LogP contribution in [0.25, 0.3) is 0 Å². The topological polar surface area (TPSA) is 73.8 Å². The third-order valence-corrected chi connectivity index (χ3v) is 5.66. The van der Waals surface area contributed by atoms with Gasteiger partial charge in [0.2, 0.25) is 11.9 Å². The fraction of sp³-hybridized carbons (Fsp3) is 0.400. The summed E-state index contributed by atoms with van der Waals surface area (Å²) in [5, 5.41) is 3.42. The van der Waals surface area contributed by atoms with Crippen LogP contribution < -0.4 is 9.88 Å². The van der Waals surface area contributed by atoms with Gasteiger partial charge in [0.1, 0.15) is 11.4 Å². The summed E-state index contributed by atoms with van der Waals surface area (Å²) in [6, 6.07) is 7.35. The minimum absolute atomic E-state index is 0.247. The van der Waals surface area contributed by atoms with Crippen molar-refractivity contribution in [3.63, 3.8) is 0 Å². The van der Waals surface area contributed by atoms with Gasteiger partial charge in [-0.25, -0.2) is 13.9 Å². The lowest BCUT2D eigenvalue weighted by atomic mass is 10.1. The minimum atomic E-state index is -0.576. The van der Waals surface area contributed by atoms with Gasteiger partial charge in [0.25, 0.3) is 5.91 Å². The molecule has 2 aliphatic heterocycles. The van der Waals surface area contributed by atoms with Crippen molar-refractivity contribution < 1.29 is 14.2 Å². The number of nitrogens with zero attached hydrogens (tertiary/aromatic N) is 5. The van der Waals surface area contributed by atoms with Crippen LogP contribution >= 0.6 is 0 Å². The zero-order valence-electron chi connectivity index (χ0n) is 16.9. The Bertz CT molecular complexity index is 1000. The predicted molar refractivity (Wildman–Crippen MR) is 106 cm³/mol. The third-order valence-electron chi connectivity index (χ3n) is 5.66. The van der Waals surface area contributed by atoms with E-state index in [4.69, 9.17) is 0 Å². The normalized spacial score (nSPS) is 18.3. The standard InChI is InChI=1S/C20H25N6O2/c1-12-6-8-15(9-7-12)21-10-11-25-13(2)14(3)26-16-17(22-19(25)26)23(4)20(28)24(5)18(16)27/h6-9,16,21H,10-11H2,1-5H3/q+1. The summed E-state index contributed by atoms with van der Waals surface area (Å²) in [7, 11) is 3.18. The summed E-state index contributed by atoms with van der Waals surface area (Å²) >= 11 is 0. The molecule has 0 saturated carbocycles. The first kappa shape index (κ1) is 18.2. The largest absolute Gasteiger partial charge is 0.402 e. The Morgan fingerprint density at radius 2 is 1.75 bits per heavy atom. The van der Waals surface area contributed by atoms with Gasteiger partial charge in [-0.05, 0) is 32.9 Å². The van der Waals surface area contributed by atoms with Crippen molar-refractivity contribution in [1.82, 2.24) is 14.4 Å². The van der Waals surface area contributed by atoms with Crippen molar-refractivity contribution in [2.45, 2.75) is 33.4 Å². The van der Waals surface area contributed by atoms with E-state index in [9.17, 15) is 9.59 Å². The molecule has 1 aromatic carbocycles. The van der Waals surface area contributed by atoms with Crippen molar-refractivity contribution in [3.8, 4) is 0 Å². The molecule has 1 aromatic heterocycles. The molecule has 1 unspecified atom stereocenters. The number of hydrogen-bond acceptors (Lipinski definition) is 4. The number of hydrogen-bond donors (Lipinski definition) is 1. The summed E-state index contributed by atoms with van der Waals surface area (Å²) in [6.45, 7) is 7.52. The van der Waals surface area contributed by atoms with Crippen LogP contribution in [0.3, 0.4) is 0 Å². The van der Waals surface area contributed by atoms with Crippen LogP contribution in [0.4, 0.5) is 16.4 Å². The highest BCUT2D eigenvalue weighted by Gasteiger charge is 2.53. The number of rotatable bonds is 4. The van der Waals surface area contributed by atoms with Crippen LogP contribution in [0.15, 0.2) is 29.3 Å². The average molecular weight is 381 g/mol. The highest BCUT2D eigenvalue weighted by Crippen LogP contribution is 2.34. The fourth-order valence-electron chi connectivity index (χ4n) is 3.83. The first-order valence-corrected chi connectivity index (χ1v) is 9.37. The van der Waals surface area contributed by atoms with Crippen molar-refractivity contribution in [2.75, 3.05) is 26.0 Å². The average Bonchev–Trinajstić information content (AvgIpc) is 3.17. The minimum Gasteiger partial charge on any atom is -0.382 e. The molecule has 1 saturated heterocycles. The lowest BCUT2D eigenvalue weighted by Gasteiger charge is -2.30. The van der Waals surface area contributed by atoms with E-state index in [1.165, 1.54) is 17.5 Å². The van der Waals surface area contributed by atoms with Gasteiger partial charge in [-0.3, -0.25) is 14.6 Å². The number of amidine groups is 1. The van der Waals surface area contributed by atoms with E-state index in [-0.39, 0.29) is 11.9 Å². The number of fused-ring (bicyclic) bond motifs is 3. The third kappa shape index (κ3) is 2.59. The molecule has 0 spiro atoms.